The molecule has 0 aliphatic carbocycles. The lowest BCUT2D eigenvalue weighted by atomic mass is 10.2. The minimum atomic E-state index is -0.438. The zero-order chi connectivity index (χ0) is 9.84. The van der Waals surface area contributed by atoms with E-state index < -0.39 is 5.91 Å². The van der Waals surface area contributed by atoms with Crippen molar-refractivity contribution in [1.29, 1.82) is 0 Å². The number of nitrogens with zero attached hydrogens (tertiary/aromatic N) is 2. The van der Waals surface area contributed by atoms with E-state index >= 15 is 0 Å². The molecule has 0 saturated carbocycles. The zero-order valence-electron chi connectivity index (χ0n) is 7.15. The first-order valence-electron chi connectivity index (χ1n) is 3.57. The quantitative estimate of drug-likeness (QED) is 0.518. The number of carbonyl (C=O) groups is 1. The molecule has 1 aromatic heterocycles. The molecule has 5 nitrogen and oxygen atoms in total. The maximum absolute atomic E-state index is 10.6. The topological polar surface area (TPSA) is 94.9 Å². The largest absolute Gasteiger partial charge is 0.383 e. The standard InChI is InChI=1S/C7H10N4OS/c1-13-7-10-3-4(2-5(8)12)6(9)11-7/h3H,2H2,1H3,(H2,8,12)(H2,9,10,11). The highest BCUT2D eigenvalue weighted by Crippen LogP contribution is 2.13. The van der Waals surface area contributed by atoms with E-state index in [9.17, 15) is 4.79 Å². The first kappa shape index (κ1) is 9.79. The molecule has 0 fully saturated rings. The highest BCUT2D eigenvalue weighted by molar-refractivity contribution is 7.98. The fourth-order valence-corrected chi connectivity index (χ4v) is 1.17. The molecule has 0 spiro atoms. The summed E-state index contributed by atoms with van der Waals surface area (Å²) >= 11 is 1.39. The second-order valence-corrected chi connectivity index (χ2v) is 3.18. The van der Waals surface area contributed by atoms with E-state index in [1.807, 2.05) is 6.26 Å². The molecular weight excluding hydrogens is 188 g/mol. The number of primary amides is 1. The van der Waals surface area contributed by atoms with Crippen LogP contribution in [0.2, 0.25) is 0 Å². The smallest absolute Gasteiger partial charge is 0.222 e. The Morgan fingerprint density at radius 1 is 1.69 bits per heavy atom. The maximum atomic E-state index is 10.6. The Morgan fingerprint density at radius 2 is 2.38 bits per heavy atom. The molecule has 0 radical (unpaired) electrons. The molecule has 0 unspecified atom stereocenters. The molecule has 0 aliphatic rings. The van der Waals surface area contributed by atoms with Gasteiger partial charge in [-0.1, -0.05) is 11.8 Å². The van der Waals surface area contributed by atoms with E-state index in [1.165, 1.54) is 18.0 Å². The maximum Gasteiger partial charge on any atom is 0.222 e. The van der Waals surface area contributed by atoms with Crippen molar-refractivity contribution in [3.63, 3.8) is 0 Å². The molecule has 1 aromatic rings. The molecule has 4 N–H and O–H groups in total. The molecule has 0 atom stereocenters. The number of nitrogen functional groups attached to an aromatic ring is 1. The third-order valence-electron chi connectivity index (χ3n) is 1.42. The van der Waals surface area contributed by atoms with E-state index in [2.05, 4.69) is 9.97 Å². The van der Waals surface area contributed by atoms with Gasteiger partial charge in [0.1, 0.15) is 5.82 Å². The van der Waals surface area contributed by atoms with E-state index in [0.29, 0.717) is 16.5 Å². The molecule has 70 valence electrons. The van der Waals surface area contributed by atoms with E-state index in [0.717, 1.165) is 0 Å². The predicted molar refractivity (Wildman–Crippen MR) is 51.1 cm³/mol. The van der Waals surface area contributed by atoms with Crippen LogP contribution in [-0.4, -0.2) is 22.1 Å². The Labute approximate surface area is 79.9 Å². The van der Waals surface area contributed by atoms with Crippen LogP contribution in [0.4, 0.5) is 5.82 Å². The van der Waals surface area contributed by atoms with Gasteiger partial charge >= 0.3 is 0 Å². The van der Waals surface area contributed by atoms with E-state index in [4.69, 9.17) is 11.5 Å². The highest BCUT2D eigenvalue weighted by Gasteiger charge is 2.05. The summed E-state index contributed by atoms with van der Waals surface area (Å²) in [5.74, 6) is -0.120. The lowest BCUT2D eigenvalue weighted by molar-refractivity contribution is -0.117. The summed E-state index contributed by atoms with van der Waals surface area (Å²) in [5, 5.41) is 0.589. The molecule has 6 heteroatoms. The van der Waals surface area contributed by atoms with Crippen LogP contribution in [0.1, 0.15) is 5.56 Å². The molecule has 1 heterocycles. The van der Waals surface area contributed by atoms with Crippen molar-refractivity contribution in [1.82, 2.24) is 9.97 Å². The molecule has 0 bridgehead atoms. The van der Waals surface area contributed by atoms with Crippen LogP contribution < -0.4 is 11.5 Å². The number of amides is 1. The Bertz CT molecular complexity index is 328. The van der Waals surface area contributed by atoms with Gasteiger partial charge in [0.25, 0.3) is 0 Å². The molecule has 1 amide bonds. The summed E-state index contributed by atoms with van der Waals surface area (Å²) < 4.78 is 0. The Hall–Kier alpha value is -1.30. The highest BCUT2D eigenvalue weighted by atomic mass is 32.2. The molecular formula is C7H10N4OS. The average Bonchev–Trinajstić information content (AvgIpc) is 2.08. The van der Waals surface area contributed by atoms with Gasteiger partial charge < -0.3 is 11.5 Å². The summed E-state index contributed by atoms with van der Waals surface area (Å²) in [7, 11) is 0. The minimum Gasteiger partial charge on any atom is -0.383 e. The van der Waals surface area contributed by atoms with Crippen molar-refractivity contribution in [2.45, 2.75) is 11.6 Å². The number of aromatic nitrogens is 2. The van der Waals surface area contributed by atoms with Crippen LogP contribution in [0.5, 0.6) is 0 Å². The second kappa shape index (κ2) is 4.08. The van der Waals surface area contributed by atoms with E-state index in [1.54, 1.807) is 0 Å². The summed E-state index contributed by atoms with van der Waals surface area (Å²) in [6.45, 7) is 0. The Kier molecular flexibility index (Phi) is 3.07. The van der Waals surface area contributed by atoms with Crippen LogP contribution in [0.15, 0.2) is 11.4 Å². The van der Waals surface area contributed by atoms with Gasteiger partial charge in [0.15, 0.2) is 5.16 Å². The Balaban J connectivity index is 2.91. The van der Waals surface area contributed by atoms with Crippen LogP contribution in [0.3, 0.4) is 0 Å². The molecule has 0 saturated heterocycles. The molecule has 0 aliphatic heterocycles. The average molecular weight is 198 g/mol. The number of thioether (sulfide) groups is 1. The number of nitrogens with two attached hydrogens (primary N) is 2. The van der Waals surface area contributed by atoms with Crippen LogP contribution in [0.25, 0.3) is 0 Å². The lowest BCUT2D eigenvalue weighted by Gasteiger charge is -2.02. The van der Waals surface area contributed by atoms with Gasteiger partial charge in [-0.05, 0) is 6.26 Å². The van der Waals surface area contributed by atoms with Crippen LogP contribution >= 0.6 is 11.8 Å². The second-order valence-electron chi connectivity index (χ2n) is 2.41. The number of hydrogen-bond acceptors (Lipinski definition) is 5. The molecule has 13 heavy (non-hydrogen) atoms. The summed E-state index contributed by atoms with van der Waals surface area (Å²) in [6, 6.07) is 0. The molecule has 0 aromatic carbocycles. The number of anilines is 1. The minimum absolute atomic E-state index is 0.0838. The molecule has 1 rings (SSSR count). The fourth-order valence-electron chi connectivity index (χ4n) is 0.825. The summed E-state index contributed by atoms with van der Waals surface area (Å²) in [5.41, 5.74) is 11.2. The number of carbonyl (C=O) groups excluding carboxylic acids is 1. The lowest BCUT2D eigenvalue weighted by Crippen LogP contribution is -2.15. The van der Waals surface area contributed by atoms with Gasteiger partial charge in [0, 0.05) is 11.8 Å². The van der Waals surface area contributed by atoms with Crippen molar-refractivity contribution in [2.75, 3.05) is 12.0 Å². The number of rotatable bonds is 3. The van der Waals surface area contributed by atoms with Crippen molar-refractivity contribution >= 4 is 23.5 Å². The zero-order valence-corrected chi connectivity index (χ0v) is 7.97. The van der Waals surface area contributed by atoms with Crippen LogP contribution in [0, 0.1) is 0 Å². The van der Waals surface area contributed by atoms with Crippen molar-refractivity contribution in [3.8, 4) is 0 Å². The van der Waals surface area contributed by atoms with Gasteiger partial charge in [-0.15, -0.1) is 0 Å². The van der Waals surface area contributed by atoms with E-state index in [-0.39, 0.29) is 6.42 Å². The fraction of sp³-hybridized carbons (Fsp3) is 0.286. The predicted octanol–water partition coefficient (Wildman–Crippen LogP) is -0.192. The first-order chi connectivity index (χ1) is 6.13. The van der Waals surface area contributed by atoms with Crippen molar-refractivity contribution in [2.24, 2.45) is 5.73 Å². The number of hydrogen-bond donors (Lipinski definition) is 2. The van der Waals surface area contributed by atoms with Gasteiger partial charge in [-0.3, -0.25) is 4.79 Å². The normalized spacial score (nSPS) is 9.92. The first-order valence-corrected chi connectivity index (χ1v) is 4.79. The van der Waals surface area contributed by atoms with Gasteiger partial charge in [0.2, 0.25) is 5.91 Å². The van der Waals surface area contributed by atoms with Gasteiger partial charge in [-0.25, -0.2) is 9.97 Å². The Morgan fingerprint density at radius 3 is 2.85 bits per heavy atom. The van der Waals surface area contributed by atoms with Gasteiger partial charge in [0.05, 0.1) is 6.42 Å². The summed E-state index contributed by atoms with van der Waals surface area (Å²) in [4.78, 5) is 18.5. The monoisotopic (exact) mass is 198 g/mol. The van der Waals surface area contributed by atoms with Gasteiger partial charge in [-0.2, -0.15) is 0 Å². The third-order valence-corrected chi connectivity index (χ3v) is 1.99. The third kappa shape index (κ3) is 2.59. The van der Waals surface area contributed by atoms with Crippen LogP contribution in [-0.2, 0) is 11.2 Å². The SMILES string of the molecule is CSc1ncc(CC(N)=O)c(N)n1. The summed E-state index contributed by atoms with van der Waals surface area (Å²) in [6.07, 6.45) is 3.46. The van der Waals surface area contributed by atoms with Crippen molar-refractivity contribution < 1.29 is 4.79 Å². The van der Waals surface area contributed by atoms with Crippen molar-refractivity contribution in [3.05, 3.63) is 11.8 Å².